The van der Waals surface area contributed by atoms with E-state index in [1.54, 1.807) is 24.3 Å². The summed E-state index contributed by atoms with van der Waals surface area (Å²) in [6.07, 6.45) is 6.25. The maximum absolute atomic E-state index is 15.1. The molecule has 1 heterocycles. The van der Waals surface area contributed by atoms with Gasteiger partial charge in [-0.05, 0) is 49.6 Å². The standard InChI is InChI=1S/C28H30FN3O4/c1-19-13-15-20(16-14-19)26(28(35)31-21-8-3-2-4-9-21)32(23-11-6-5-10-22(23)29)25(33)18-30-27(34)24-12-7-17-36-24/h5-7,10-17,21,26H,2-4,8-9,18H2,1H3,(H,30,34)(H,31,35). The van der Waals surface area contributed by atoms with Gasteiger partial charge in [-0.2, -0.15) is 0 Å². The van der Waals surface area contributed by atoms with E-state index in [9.17, 15) is 14.4 Å². The van der Waals surface area contributed by atoms with Gasteiger partial charge in [-0.3, -0.25) is 19.3 Å². The molecule has 2 aromatic carbocycles. The number of rotatable bonds is 8. The summed E-state index contributed by atoms with van der Waals surface area (Å²) in [7, 11) is 0. The maximum Gasteiger partial charge on any atom is 0.287 e. The van der Waals surface area contributed by atoms with Crippen molar-refractivity contribution >= 4 is 23.4 Å². The minimum Gasteiger partial charge on any atom is -0.459 e. The first-order valence-corrected chi connectivity index (χ1v) is 12.2. The van der Waals surface area contributed by atoms with Crippen molar-refractivity contribution in [3.8, 4) is 0 Å². The minimum atomic E-state index is -1.13. The fraction of sp³-hybridized carbons (Fsp3) is 0.321. The molecular weight excluding hydrogens is 461 g/mol. The molecule has 3 aromatic rings. The summed E-state index contributed by atoms with van der Waals surface area (Å²) in [5, 5.41) is 5.60. The number of carbonyl (C=O) groups excluding carboxylic acids is 3. The zero-order valence-electron chi connectivity index (χ0n) is 20.2. The number of aryl methyl sites for hydroxylation is 1. The van der Waals surface area contributed by atoms with Gasteiger partial charge in [0.1, 0.15) is 11.9 Å². The van der Waals surface area contributed by atoms with Crippen LogP contribution in [0.1, 0.15) is 59.8 Å². The Kier molecular flexibility index (Phi) is 8.15. The third kappa shape index (κ3) is 6.00. The molecular formula is C28H30FN3O4. The summed E-state index contributed by atoms with van der Waals surface area (Å²) in [5.74, 6) is -2.21. The predicted octanol–water partition coefficient (Wildman–Crippen LogP) is 4.68. The average molecular weight is 492 g/mol. The lowest BCUT2D eigenvalue weighted by atomic mass is 9.94. The van der Waals surface area contributed by atoms with E-state index in [0.29, 0.717) is 5.56 Å². The van der Waals surface area contributed by atoms with Gasteiger partial charge in [0.2, 0.25) is 11.8 Å². The molecule has 8 heteroatoms. The van der Waals surface area contributed by atoms with E-state index in [2.05, 4.69) is 10.6 Å². The van der Waals surface area contributed by atoms with Crippen LogP contribution in [0.3, 0.4) is 0 Å². The number of benzene rings is 2. The molecule has 7 nitrogen and oxygen atoms in total. The Hall–Kier alpha value is -3.94. The number of anilines is 1. The molecule has 1 unspecified atom stereocenters. The summed E-state index contributed by atoms with van der Waals surface area (Å²) < 4.78 is 20.1. The Balaban J connectivity index is 1.68. The van der Waals surface area contributed by atoms with Gasteiger partial charge in [0, 0.05) is 6.04 Å². The van der Waals surface area contributed by atoms with E-state index in [0.717, 1.165) is 42.6 Å². The highest BCUT2D eigenvalue weighted by Gasteiger charge is 2.35. The van der Waals surface area contributed by atoms with E-state index in [1.807, 2.05) is 19.1 Å². The highest BCUT2D eigenvalue weighted by atomic mass is 19.1. The average Bonchev–Trinajstić information content (AvgIpc) is 3.43. The fourth-order valence-electron chi connectivity index (χ4n) is 4.49. The van der Waals surface area contributed by atoms with Crippen LogP contribution >= 0.6 is 0 Å². The number of halogens is 1. The minimum absolute atomic E-state index is 0.00424. The summed E-state index contributed by atoms with van der Waals surface area (Å²) in [4.78, 5) is 40.8. The summed E-state index contributed by atoms with van der Waals surface area (Å²) in [6, 6.07) is 14.9. The van der Waals surface area contributed by atoms with Crippen molar-refractivity contribution < 1.29 is 23.2 Å². The predicted molar refractivity (Wildman–Crippen MR) is 134 cm³/mol. The lowest BCUT2D eigenvalue weighted by Crippen LogP contribution is -2.50. The number of furan rings is 1. The maximum atomic E-state index is 15.1. The molecule has 1 saturated carbocycles. The van der Waals surface area contributed by atoms with Crippen LogP contribution in [0.4, 0.5) is 10.1 Å². The van der Waals surface area contributed by atoms with Gasteiger partial charge in [0.05, 0.1) is 18.5 Å². The summed E-state index contributed by atoms with van der Waals surface area (Å²) >= 11 is 0. The fourth-order valence-corrected chi connectivity index (χ4v) is 4.49. The molecule has 1 aromatic heterocycles. The lowest BCUT2D eigenvalue weighted by Gasteiger charge is -2.33. The van der Waals surface area contributed by atoms with E-state index in [1.165, 1.54) is 30.5 Å². The van der Waals surface area contributed by atoms with Gasteiger partial charge in [0.25, 0.3) is 5.91 Å². The largest absolute Gasteiger partial charge is 0.459 e. The van der Waals surface area contributed by atoms with E-state index >= 15 is 4.39 Å². The highest BCUT2D eigenvalue weighted by Crippen LogP contribution is 2.31. The molecule has 0 aliphatic heterocycles. The number of amides is 3. The molecule has 1 aliphatic rings. The van der Waals surface area contributed by atoms with Gasteiger partial charge in [0.15, 0.2) is 5.76 Å². The molecule has 1 atom stereocenters. The molecule has 3 amide bonds. The Bertz CT molecular complexity index is 1190. The first-order chi connectivity index (χ1) is 17.4. The Labute approximate surface area is 209 Å². The topological polar surface area (TPSA) is 91.7 Å². The van der Waals surface area contributed by atoms with Crippen molar-refractivity contribution in [2.45, 2.75) is 51.1 Å². The SMILES string of the molecule is Cc1ccc(C(C(=O)NC2CCCCC2)N(C(=O)CNC(=O)c2ccco2)c2ccccc2F)cc1. The number of nitrogens with one attached hydrogen (secondary N) is 2. The van der Waals surface area contributed by atoms with Crippen molar-refractivity contribution in [1.29, 1.82) is 0 Å². The van der Waals surface area contributed by atoms with Crippen LogP contribution in [0, 0.1) is 12.7 Å². The monoisotopic (exact) mass is 491 g/mol. The molecule has 188 valence electrons. The molecule has 0 radical (unpaired) electrons. The zero-order valence-corrected chi connectivity index (χ0v) is 20.2. The van der Waals surface area contributed by atoms with Gasteiger partial charge < -0.3 is 15.1 Å². The second-order valence-electron chi connectivity index (χ2n) is 9.03. The number of para-hydroxylation sites is 1. The normalized spacial score (nSPS) is 14.6. The molecule has 0 saturated heterocycles. The van der Waals surface area contributed by atoms with Crippen LogP contribution in [0.2, 0.25) is 0 Å². The lowest BCUT2D eigenvalue weighted by molar-refractivity contribution is -0.127. The molecule has 4 rings (SSSR count). The molecule has 2 N–H and O–H groups in total. The quantitative estimate of drug-likeness (QED) is 0.479. The Morgan fingerprint density at radius 3 is 2.39 bits per heavy atom. The van der Waals surface area contributed by atoms with Crippen molar-refractivity contribution in [3.63, 3.8) is 0 Å². The second kappa shape index (κ2) is 11.7. The molecule has 36 heavy (non-hydrogen) atoms. The number of hydrogen-bond acceptors (Lipinski definition) is 4. The number of hydrogen-bond donors (Lipinski definition) is 2. The van der Waals surface area contributed by atoms with Crippen molar-refractivity contribution in [2.75, 3.05) is 11.4 Å². The summed E-state index contributed by atoms with van der Waals surface area (Å²) in [5.41, 5.74) is 1.49. The molecule has 1 aliphatic carbocycles. The van der Waals surface area contributed by atoms with Crippen molar-refractivity contribution in [3.05, 3.63) is 89.6 Å². The zero-order chi connectivity index (χ0) is 25.5. The second-order valence-corrected chi connectivity index (χ2v) is 9.03. The first kappa shape index (κ1) is 25.2. The van der Waals surface area contributed by atoms with Crippen LogP contribution in [-0.4, -0.2) is 30.3 Å². The van der Waals surface area contributed by atoms with Crippen LogP contribution in [-0.2, 0) is 9.59 Å². The highest BCUT2D eigenvalue weighted by molar-refractivity contribution is 6.04. The molecule has 0 spiro atoms. The summed E-state index contributed by atoms with van der Waals surface area (Å²) in [6.45, 7) is 1.47. The van der Waals surface area contributed by atoms with Crippen molar-refractivity contribution in [2.24, 2.45) is 0 Å². The Morgan fingerprint density at radius 1 is 1.00 bits per heavy atom. The molecule has 1 fully saturated rings. The van der Waals surface area contributed by atoms with E-state index in [4.69, 9.17) is 4.42 Å². The Morgan fingerprint density at radius 2 is 1.72 bits per heavy atom. The van der Waals surface area contributed by atoms with E-state index in [-0.39, 0.29) is 23.4 Å². The molecule has 0 bridgehead atoms. The van der Waals surface area contributed by atoms with Crippen molar-refractivity contribution in [1.82, 2.24) is 10.6 Å². The third-order valence-corrected chi connectivity index (χ3v) is 6.38. The van der Waals surface area contributed by atoms with Gasteiger partial charge >= 0.3 is 0 Å². The van der Waals surface area contributed by atoms with Gasteiger partial charge in [-0.15, -0.1) is 0 Å². The number of nitrogens with zero attached hydrogens (tertiary/aromatic N) is 1. The smallest absolute Gasteiger partial charge is 0.287 e. The third-order valence-electron chi connectivity index (χ3n) is 6.38. The van der Waals surface area contributed by atoms with Crippen LogP contribution in [0.5, 0.6) is 0 Å². The van der Waals surface area contributed by atoms with Gasteiger partial charge in [-0.25, -0.2) is 4.39 Å². The van der Waals surface area contributed by atoms with Crippen LogP contribution < -0.4 is 15.5 Å². The van der Waals surface area contributed by atoms with Crippen LogP contribution in [0.25, 0.3) is 0 Å². The van der Waals surface area contributed by atoms with E-state index < -0.39 is 30.2 Å². The first-order valence-electron chi connectivity index (χ1n) is 12.2. The van der Waals surface area contributed by atoms with Gasteiger partial charge in [-0.1, -0.05) is 61.2 Å². The number of carbonyl (C=O) groups is 3. The van der Waals surface area contributed by atoms with Crippen LogP contribution in [0.15, 0.2) is 71.3 Å².